The van der Waals surface area contributed by atoms with Gasteiger partial charge in [0.2, 0.25) is 0 Å². The van der Waals surface area contributed by atoms with Crippen LogP contribution in [0.3, 0.4) is 0 Å². The zero-order valence-corrected chi connectivity index (χ0v) is 11.9. The summed E-state index contributed by atoms with van der Waals surface area (Å²) in [5, 5.41) is 0. The molecule has 1 aromatic rings. The summed E-state index contributed by atoms with van der Waals surface area (Å²) in [4.78, 5) is 0. The van der Waals surface area contributed by atoms with Gasteiger partial charge in [-0.1, -0.05) is 18.2 Å². The fourth-order valence-corrected chi connectivity index (χ4v) is 2.07. The highest BCUT2D eigenvalue weighted by molar-refractivity contribution is 6.62. The maximum Gasteiger partial charge on any atom is 0.494 e. The number of aryl methyl sites for hydroxylation is 1. The molecule has 0 aromatic heterocycles. The van der Waals surface area contributed by atoms with Crippen molar-refractivity contribution in [3.63, 3.8) is 0 Å². The third kappa shape index (κ3) is 2.20. The molecule has 1 aromatic carbocycles. The Labute approximate surface area is 110 Å². The van der Waals surface area contributed by atoms with Crippen molar-refractivity contribution >= 4 is 12.6 Å². The second-order valence-corrected chi connectivity index (χ2v) is 5.98. The molecule has 98 valence electrons. The monoisotopic (exact) mass is 247 g/mol. The Balaban J connectivity index is 2.27. The Morgan fingerprint density at radius 1 is 1.11 bits per heavy atom. The van der Waals surface area contributed by atoms with E-state index in [1.54, 1.807) is 0 Å². The van der Waals surface area contributed by atoms with Gasteiger partial charge in [0, 0.05) is 6.54 Å². The van der Waals surface area contributed by atoms with Gasteiger partial charge in [-0.05, 0) is 51.2 Å². The van der Waals surface area contributed by atoms with E-state index >= 15 is 0 Å². The van der Waals surface area contributed by atoms with Gasteiger partial charge >= 0.3 is 7.12 Å². The van der Waals surface area contributed by atoms with E-state index < -0.39 is 0 Å². The highest BCUT2D eigenvalue weighted by atomic mass is 16.7. The Bertz CT molecular complexity index is 441. The summed E-state index contributed by atoms with van der Waals surface area (Å²) in [5.41, 5.74) is 8.50. The van der Waals surface area contributed by atoms with Crippen LogP contribution < -0.4 is 11.2 Å². The molecule has 1 fully saturated rings. The van der Waals surface area contributed by atoms with Gasteiger partial charge in [-0.2, -0.15) is 0 Å². The van der Waals surface area contributed by atoms with Gasteiger partial charge in [-0.15, -0.1) is 0 Å². The van der Waals surface area contributed by atoms with Crippen molar-refractivity contribution in [2.45, 2.75) is 52.4 Å². The molecule has 1 aliphatic rings. The first-order chi connectivity index (χ1) is 8.27. The van der Waals surface area contributed by atoms with Crippen LogP contribution in [0.5, 0.6) is 0 Å². The summed E-state index contributed by atoms with van der Waals surface area (Å²) in [5.74, 6) is 0. The molecule has 0 unspecified atom stereocenters. The van der Waals surface area contributed by atoms with Crippen LogP contribution in [0.1, 0.15) is 38.8 Å². The zero-order valence-electron chi connectivity index (χ0n) is 11.9. The molecular formula is C14H22BNO2. The van der Waals surface area contributed by atoms with Crippen LogP contribution in [-0.4, -0.2) is 18.3 Å². The molecule has 0 atom stereocenters. The fourth-order valence-electron chi connectivity index (χ4n) is 2.07. The van der Waals surface area contributed by atoms with Crippen LogP contribution in [0.4, 0.5) is 0 Å². The summed E-state index contributed by atoms with van der Waals surface area (Å²) >= 11 is 0. The second-order valence-electron chi connectivity index (χ2n) is 5.98. The third-order valence-corrected chi connectivity index (χ3v) is 4.11. The molecule has 0 spiro atoms. The molecule has 4 heteroatoms. The molecule has 0 amide bonds. The van der Waals surface area contributed by atoms with E-state index in [0.717, 1.165) is 11.0 Å². The largest absolute Gasteiger partial charge is 0.494 e. The van der Waals surface area contributed by atoms with Crippen LogP contribution in [0, 0.1) is 6.92 Å². The Hall–Kier alpha value is -0.835. The molecule has 1 heterocycles. The third-order valence-electron chi connectivity index (χ3n) is 4.11. The minimum absolute atomic E-state index is 0.291. The summed E-state index contributed by atoms with van der Waals surface area (Å²) < 4.78 is 12.1. The molecule has 1 aliphatic heterocycles. The summed E-state index contributed by atoms with van der Waals surface area (Å²) in [6.45, 7) is 10.9. The number of benzene rings is 1. The lowest BCUT2D eigenvalue weighted by Gasteiger charge is -2.32. The van der Waals surface area contributed by atoms with Crippen LogP contribution in [0.25, 0.3) is 0 Å². The van der Waals surface area contributed by atoms with Crippen LogP contribution >= 0.6 is 0 Å². The molecule has 3 nitrogen and oxygen atoms in total. The van der Waals surface area contributed by atoms with E-state index in [1.165, 1.54) is 5.56 Å². The Morgan fingerprint density at radius 3 is 2.11 bits per heavy atom. The van der Waals surface area contributed by atoms with E-state index in [1.807, 2.05) is 6.07 Å². The van der Waals surface area contributed by atoms with Crippen molar-refractivity contribution in [2.75, 3.05) is 0 Å². The molecule has 0 radical (unpaired) electrons. The quantitative estimate of drug-likeness (QED) is 0.810. The van der Waals surface area contributed by atoms with Crippen molar-refractivity contribution in [1.82, 2.24) is 0 Å². The van der Waals surface area contributed by atoms with E-state index in [4.69, 9.17) is 15.0 Å². The van der Waals surface area contributed by atoms with Gasteiger partial charge < -0.3 is 15.0 Å². The predicted octanol–water partition coefficient (Wildman–Crippen LogP) is 1.75. The highest BCUT2D eigenvalue weighted by Gasteiger charge is 2.51. The molecule has 0 bridgehead atoms. The maximum atomic E-state index is 6.03. The van der Waals surface area contributed by atoms with Crippen LogP contribution in [0.2, 0.25) is 0 Å². The number of hydrogen-bond acceptors (Lipinski definition) is 3. The molecular weight excluding hydrogens is 225 g/mol. The minimum atomic E-state index is -0.294. The normalized spacial score (nSPS) is 21.3. The minimum Gasteiger partial charge on any atom is -0.399 e. The first-order valence-corrected chi connectivity index (χ1v) is 6.42. The Morgan fingerprint density at radius 2 is 1.67 bits per heavy atom. The smallest absolute Gasteiger partial charge is 0.399 e. The van der Waals surface area contributed by atoms with Gasteiger partial charge in [-0.3, -0.25) is 0 Å². The van der Waals surface area contributed by atoms with Crippen molar-refractivity contribution in [2.24, 2.45) is 5.73 Å². The van der Waals surface area contributed by atoms with Crippen LogP contribution in [0.15, 0.2) is 18.2 Å². The first kappa shape index (κ1) is 13.6. The number of hydrogen-bond donors (Lipinski definition) is 1. The zero-order chi connectivity index (χ0) is 13.6. The molecule has 0 aliphatic carbocycles. The maximum absolute atomic E-state index is 6.03. The van der Waals surface area contributed by atoms with Crippen LogP contribution in [-0.2, 0) is 15.9 Å². The number of nitrogens with two attached hydrogens (primary N) is 1. The van der Waals surface area contributed by atoms with Gasteiger partial charge in [0.25, 0.3) is 0 Å². The van der Waals surface area contributed by atoms with Crippen molar-refractivity contribution in [3.05, 3.63) is 29.3 Å². The summed E-state index contributed by atoms with van der Waals surface area (Å²) in [6, 6.07) is 6.19. The Kier molecular flexibility index (Phi) is 3.30. The van der Waals surface area contributed by atoms with Crippen molar-refractivity contribution < 1.29 is 9.31 Å². The van der Waals surface area contributed by atoms with Crippen molar-refractivity contribution in [3.8, 4) is 0 Å². The molecule has 0 saturated carbocycles. The van der Waals surface area contributed by atoms with E-state index in [9.17, 15) is 0 Å². The standard InChI is InChI=1S/C14H22BNO2/c1-10-8-12(7-6-11(10)9-16)15-17-13(2,3)14(4,5)18-15/h6-8H,9,16H2,1-5H3. The topological polar surface area (TPSA) is 44.5 Å². The van der Waals surface area contributed by atoms with Gasteiger partial charge in [0.05, 0.1) is 11.2 Å². The number of rotatable bonds is 2. The summed E-state index contributed by atoms with van der Waals surface area (Å²) in [6.07, 6.45) is 0. The lowest BCUT2D eigenvalue weighted by atomic mass is 9.78. The van der Waals surface area contributed by atoms with Gasteiger partial charge in [0.1, 0.15) is 0 Å². The average molecular weight is 247 g/mol. The first-order valence-electron chi connectivity index (χ1n) is 6.42. The van der Waals surface area contributed by atoms with Crippen molar-refractivity contribution in [1.29, 1.82) is 0 Å². The summed E-state index contributed by atoms with van der Waals surface area (Å²) in [7, 11) is -0.291. The van der Waals surface area contributed by atoms with E-state index in [0.29, 0.717) is 6.54 Å². The predicted molar refractivity (Wildman–Crippen MR) is 74.8 cm³/mol. The molecule has 2 N–H and O–H groups in total. The highest BCUT2D eigenvalue weighted by Crippen LogP contribution is 2.36. The van der Waals surface area contributed by atoms with Gasteiger partial charge in [-0.25, -0.2) is 0 Å². The van der Waals surface area contributed by atoms with E-state index in [-0.39, 0.29) is 18.3 Å². The molecule has 1 saturated heterocycles. The molecule has 18 heavy (non-hydrogen) atoms. The average Bonchev–Trinajstić information content (AvgIpc) is 2.48. The lowest BCUT2D eigenvalue weighted by Crippen LogP contribution is -2.41. The van der Waals surface area contributed by atoms with Gasteiger partial charge in [0.15, 0.2) is 0 Å². The SMILES string of the molecule is Cc1cc(B2OC(C)(C)C(C)(C)O2)ccc1CN. The fraction of sp³-hybridized carbons (Fsp3) is 0.571. The molecule has 2 rings (SSSR count). The lowest BCUT2D eigenvalue weighted by molar-refractivity contribution is 0.00578. The van der Waals surface area contributed by atoms with E-state index in [2.05, 4.69) is 46.8 Å². The second kappa shape index (κ2) is 4.37.